The first-order chi connectivity index (χ1) is 8.66. The maximum atomic E-state index is 11.9. The van der Waals surface area contributed by atoms with Crippen molar-refractivity contribution in [1.82, 2.24) is 15.3 Å². The van der Waals surface area contributed by atoms with E-state index in [0.29, 0.717) is 5.56 Å². The molecule has 0 aliphatic rings. The fraction of sp³-hybridized carbons (Fsp3) is 0.154. The highest BCUT2D eigenvalue weighted by atomic mass is 16.3. The lowest BCUT2D eigenvalue weighted by atomic mass is 10.1. The average Bonchev–Trinajstić information content (AvgIpc) is 2.39. The molecule has 1 amide bonds. The summed E-state index contributed by atoms with van der Waals surface area (Å²) >= 11 is 0. The van der Waals surface area contributed by atoms with Gasteiger partial charge in [0.2, 0.25) is 0 Å². The molecule has 0 bridgehead atoms. The van der Waals surface area contributed by atoms with E-state index in [0.717, 1.165) is 5.56 Å². The number of amides is 1. The van der Waals surface area contributed by atoms with Crippen molar-refractivity contribution >= 4 is 5.91 Å². The Morgan fingerprint density at radius 1 is 1.33 bits per heavy atom. The van der Waals surface area contributed by atoms with Gasteiger partial charge in [-0.15, -0.1) is 0 Å². The number of pyridine rings is 2. The minimum atomic E-state index is -0.283. The van der Waals surface area contributed by atoms with Gasteiger partial charge in [0.15, 0.2) is 0 Å². The summed E-state index contributed by atoms with van der Waals surface area (Å²) in [5.41, 5.74) is 1.24. The first kappa shape index (κ1) is 12.0. The number of aromatic nitrogens is 2. The van der Waals surface area contributed by atoms with Crippen molar-refractivity contribution in [3.8, 4) is 5.75 Å². The van der Waals surface area contributed by atoms with Crippen LogP contribution in [0.25, 0.3) is 0 Å². The molecule has 0 radical (unpaired) electrons. The molecule has 0 saturated carbocycles. The Kier molecular flexibility index (Phi) is 3.52. The van der Waals surface area contributed by atoms with Crippen LogP contribution in [0, 0.1) is 0 Å². The monoisotopic (exact) mass is 243 g/mol. The average molecular weight is 243 g/mol. The molecule has 0 aromatic carbocycles. The zero-order valence-corrected chi connectivity index (χ0v) is 9.87. The molecule has 0 spiro atoms. The van der Waals surface area contributed by atoms with E-state index in [9.17, 15) is 9.90 Å². The lowest BCUT2D eigenvalue weighted by Crippen LogP contribution is -2.26. The van der Waals surface area contributed by atoms with Crippen LogP contribution in [0.3, 0.4) is 0 Å². The van der Waals surface area contributed by atoms with Gasteiger partial charge in [-0.3, -0.25) is 14.8 Å². The minimum Gasteiger partial charge on any atom is -0.506 e. The Hall–Kier alpha value is -2.43. The Bertz CT molecular complexity index is 543. The summed E-state index contributed by atoms with van der Waals surface area (Å²) in [7, 11) is 0. The first-order valence-electron chi connectivity index (χ1n) is 5.51. The van der Waals surface area contributed by atoms with Gasteiger partial charge in [0.05, 0.1) is 17.8 Å². The fourth-order valence-electron chi connectivity index (χ4n) is 1.55. The molecule has 2 heterocycles. The van der Waals surface area contributed by atoms with Gasteiger partial charge in [-0.2, -0.15) is 0 Å². The van der Waals surface area contributed by atoms with E-state index < -0.39 is 0 Å². The standard InChI is InChI=1S/C13H13N3O2/c1-9(10-3-2-4-14-6-10)16-13(18)11-5-12(17)8-15-7-11/h2-9,17H,1H3,(H,16,18). The van der Waals surface area contributed by atoms with Gasteiger partial charge in [-0.05, 0) is 24.6 Å². The van der Waals surface area contributed by atoms with Gasteiger partial charge >= 0.3 is 0 Å². The van der Waals surface area contributed by atoms with E-state index in [2.05, 4.69) is 15.3 Å². The number of rotatable bonds is 3. The van der Waals surface area contributed by atoms with Crippen LogP contribution >= 0.6 is 0 Å². The van der Waals surface area contributed by atoms with Gasteiger partial charge in [-0.25, -0.2) is 0 Å². The smallest absolute Gasteiger partial charge is 0.253 e. The molecular formula is C13H13N3O2. The number of hydrogen-bond acceptors (Lipinski definition) is 4. The van der Waals surface area contributed by atoms with E-state index in [4.69, 9.17) is 0 Å². The van der Waals surface area contributed by atoms with E-state index >= 15 is 0 Å². The molecule has 0 fully saturated rings. The molecule has 0 saturated heterocycles. The first-order valence-corrected chi connectivity index (χ1v) is 5.51. The second-order valence-electron chi connectivity index (χ2n) is 3.91. The van der Waals surface area contributed by atoms with Crippen LogP contribution in [-0.2, 0) is 0 Å². The fourth-order valence-corrected chi connectivity index (χ4v) is 1.55. The van der Waals surface area contributed by atoms with Crippen LogP contribution in [-0.4, -0.2) is 21.0 Å². The van der Waals surface area contributed by atoms with Crippen LogP contribution in [0.5, 0.6) is 5.75 Å². The predicted octanol–water partition coefficient (Wildman–Crippen LogP) is 1.67. The largest absolute Gasteiger partial charge is 0.506 e. The maximum Gasteiger partial charge on any atom is 0.253 e. The minimum absolute atomic E-state index is 0.0309. The van der Waals surface area contributed by atoms with Crippen molar-refractivity contribution in [2.24, 2.45) is 0 Å². The van der Waals surface area contributed by atoms with Crippen molar-refractivity contribution in [1.29, 1.82) is 0 Å². The van der Waals surface area contributed by atoms with Crippen molar-refractivity contribution in [2.45, 2.75) is 13.0 Å². The molecule has 2 aromatic heterocycles. The zero-order valence-electron chi connectivity index (χ0n) is 9.87. The third kappa shape index (κ3) is 2.82. The molecule has 1 unspecified atom stereocenters. The topological polar surface area (TPSA) is 75.1 Å². The highest BCUT2D eigenvalue weighted by molar-refractivity contribution is 5.94. The van der Waals surface area contributed by atoms with Gasteiger partial charge in [-0.1, -0.05) is 6.07 Å². The number of hydrogen-bond donors (Lipinski definition) is 2. The molecule has 2 rings (SSSR count). The van der Waals surface area contributed by atoms with Gasteiger partial charge < -0.3 is 10.4 Å². The van der Waals surface area contributed by atoms with Crippen molar-refractivity contribution in [2.75, 3.05) is 0 Å². The summed E-state index contributed by atoms with van der Waals surface area (Å²) < 4.78 is 0. The zero-order chi connectivity index (χ0) is 13.0. The van der Waals surface area contributed by atoms with E-state index in [1.165, 1.54) is 18.5 Å². The molecule has 5 heteroatoms. The molecule has 1 atom stereocenters. The number of nitrogens with zero attached hydrogens (tertiary/aromatic N) is 2. The maximum absolute atomic E-state index is 11.9. The summed E-state index contributed by atoms with van der Waals surface area (Å²) in [5, 5.41) is 12.1. The summed E-state index contributed by atoms with van der Waals surface area (Å²) in [5.74, 6) is -0.313. The van der Waals surface area contributed by atoms with E-state index in [1.807, 2.05) is 19.1 Å². The normalized spacial score (nSPS) is 11.8. The predicted molar refractivity (Wildman–Crippen MR) is 66.0 cm³/mol. The quantitative estimate of drug-likeness (QED) is 0.859. The van der Waals surface area contributed by atoms with Gasteiger partial charge in [0.1, 0.15) is 5.75 Å². The lowest BCUT2D eigenvalue weighted by molar-refractivity contribution is 0.0939. The van der Waals surface area contributed by atoms with Crippen LogP contribution in [0.2, 0.25) is 0 Å². The summed E-state index contributed by atoms with van der Waals surface area (Å²) in [4.78, 5) is 19.7. The Morgan fingerprint density at radius 2 is 2.17 bits per heavy atom. The summed E-state index contributed by atoms with van der Waals surface area (Å²) in [6, 6.07) is 4.92. The molecule has 0 aliphatic carbocycles. The molecule has 0 aliphatic heterocycles. The number of aromatic hydroxyl groups is 1. The number of carbonyl (C=O) groups excluding carboxylic acids is 1. The van der Waals surface area contributed by atoms with Crippen molar-refractivity contribution in [3.63, 3.8) is 0 Å². The van der Waals surface area contributed by atoms with Crippen LogP contribution < -0.4 is 5.32 Å². The second-order valence-corrected chi connectivity index (χ2v) is 3.91. The molecule has 2 N–H and O–H groups in total. The van der Waals surface area contributed by atoms with Gasteiger partial charge in [0, 0.05) is 18.6 Å². The van der Waals surface area contributed by atoms with E-state index in [-0.39, 0.29) is 17.7 Å². The van der Waals surface area contributed by atoms with Gasteiger partial charge in [0.25, 0.3) is 5.91 Å². The van der Waals surface area contributed by atoms with E-state index in [1.54, 1.807) is 12.4 Å². The third-order valence-corrected chi connectivity index (χ3v) is 2.52. The molecular weight excluding hydrogens is 230 g/mol. The number of carbonyl (C=O) groups is 1. The van der Waals surface area contributed by atoms with Crippen LogP contribution in [0.1, 0.15) is 28.9 Å². The molecule has 18 heavy (non-hydrogen) atoms. The Labute approximate surface area is 105 Å². The molecule has 5 nitrogen and oxygen atoms in total. The Balaban J connectivity index is 2.08. The molecule has 2 aromatic rings. The highest BCUT2D eigenvalue weighted by Crippen LogP contribution is 2.13. The van der Waals surface area contributed by atoms with Crippen molar-refractivity contribution < 1.29 is 9.90 Å². The Morgan fingerprint density at radius 3 is 2.83 bits per heavy atom. The highest BCUT2D eigenvalue weighted by Gasteiger charge is 2.12. The number of nitrogens with one attached hydrogen (secondary N) is 1. The molecule has 92 valence electrons. The third-order valence-electron chi connectivity index (χ3n) is 2.52. The lowest BCUT2D eigenvalue weighted by Gasteiger charge is -2.13. The summed E-state index contributed by atoms with van der Waals surface area (Å²) in [6.45, 7) is 1.87. The van der Waals surface area contributed by atoms with Crippen LogP contribution in [0.4, 0.5) is 0 Å². The SMILES string of the molecule is CC(NC(=O)c1cncc(O)c1)c1cccnc1. The van der Waals surface area contributed by atoms with Crippen molar-refractivity contribution in [3.05, 3.63) is 54.1 Å². The second kappa shape index (κ2) is 5.27. The van der Waals surface area contributed by atoms with Crippen LogP contribution in [0.15, 0.2) is 43.0 Å². The summed E-state index contributed by atoms with van der Waals surface area (Å²) in [6.07, 6.45) is 6.06.